The highest BCUT2D eigenvalue weighted by molar-refractivity contribution is 6.00. The average molecular weight is 462 g/mol. The Morgan fingerprint density at radius 2 is 1.70 bits per heavy atom. The van der Waals surface area contributed by atoms with Gasteiger partial charge < -0.3 is 20.7 Å². The number of ether oxygens (including phenoxy) is 1. The van der Waals surface area contributed by atoms with Gasteiger partial charge in [-0.05, 0) is 42.8 Å². The van der Waals surface area contributed by atoms with E-state index < -0.39 is 29.5 Å². The minimum absolute atomic E-state index is 0.00623. The Balaban J connectivity index is 1.68. The number of hydrogen-bond donors (Lipinski definition) is 3. The molecule has 0 fully saturated rings. The van der Waals surface area contributed by atoms with E-state index in [1.165, 1.54) is 56.6 Å². The third-order valence-corrected chi connectivity index (χ3v) is 4.42. The van der Waals surface area contributed by atoms with Crippen molar-refractivity contribution in [2.75, 3.05) is 17.7 Å². The number of hydrogen-bond acceptors (Lipinski definition) is 4. The van der Waals surface area contributed by atoms with Crippen LogP contribution in [0.4, 0.5) is 33.7 Å². The van der Waals surface area contributed by atoms with Crippen LogP contribution in [0.5, 0.6) is 11.5 Å². The fraction of sp³-hybridized carbons (Fsp3) is 0.136. The maximum atomic E-state index is 14.4. The summed E-state index contributed by atoms with van der Waals surface area (Å²) in [5, 5.41) is 6.89. The van der Waals surface area contributed by atoms with E-state index in [1.807, 2.05) is 0 Å². The molecule has 1 aromatic heterocycles. The first kappa shape index (κ1) is 23.5. The second-order valence-corrected chi connectivity index (χ2v) is 6.81. The first-order chi connectivity index (χ1) is 15.6. The summed E-state index contributed by atoms with van der Waals surface area (Å²) in [6.45, 7) is 1.30. The lowest BCUT2D eigenvalue weighted by Crippen LogP contribution is -2.20. The third kappa shape index (κ3) is 5.97. The molecular weight excluding hydrogens is 444 g/mol. The maximum absolute atomic E-state index is 14.4. The zero-order valence-electron chi connectivity index (χ0n) is 17.4. The highest BCUT2D eigenvalue weighted by Crippen LogP contribution is 2.33. The molecule has 0 aliphatic rings. The molecule has 0 unspecified atom stereocenters. The van der Waals surface area contributed by atoms with Crippen molar-refractivity contribution in [2.45, 2.75) is 13.1 Å². The van der Waals surface area contributed by atoms with Crippen molar-refractivity contribution in [1.82, 2.24) is 10.3 Å². The second-order valence-electron chi connectivity index (χ2n) is 6.81. The van der Waals surface area contributed by atoms with Crippen LogP contribution in [0.1, 0.15) is 21.6 Å². The van der Waals surface area contributed by atoms with Crippen LogP contribution < -0.4 is 20.7 Å². The van der Waals surface area contributed by atoms with Gasteiger partial charge in [0.1, 0.15) is 23.0 Å². The number of aryl methyl sites for hydroxylation is 1. The quantitative estimate of drug-likeness (QED) is 0.446. The number of rotatable bonds is 5. The second kappa shape index (κ2) is 9.55. The van der Waals surface area contributed by atoms with Gasteiger partial charge in [-0.3, -0.25) is 9.78 Å². The molecule has 0 radical (unpaired) electrons. The molecule has 0 saturated heterocycles. The lowest BCUT2D eigenvalue weighted by atomic mass is 10.1. The molecule has 0 saturated carbocycles. The number of alkyl halides is 3. The lowest BCUT2D eigenvalue weighted by Gasteiger charge is -2.14. The van der Waals surface area contributed by atoms with Gasteiger partial charge in [0, 0.05) is 31.1 Å². The molecule has 1 heterocycles. The standard InChI is InChI=1S/C22H18F4N4O3/c1-12-3-4-13(9-16(12)22(24,25)26)29-21(32)30-18-6-5-14(10-17(18)23)33-15-7-8-28-19(11-15)20(31)27-2/h3-11H,1-2H3,(H,27,31)(H2,29,30,32). The topological polar surface area (TPSA) is 92.4 Å². The molecule has 0 spiro atoms. The van der Waals surface area contributed by atoms with E-state index in [0.29, 0.717) is 0 Å². The summed E-state index contributed by atoms with van der Waals surface area (Å²) in [5.41, 5.74) is -1.09. The summed E-state index contributed by atoms with van der Waals surface area (Å²) in [6.07, 6.45) is -3.22. The smallest absolute Gasteiger partial charge is 0.416 e. The SMILES string of the molecule is CNC(=O)c1cc(Oc2ccc(NC(=O)Nc3ccc(C)c(C(F)(F)F)c3)c(F)c2)ccn1. The van der Waals surface area contributed by atoms with Gasteiger partial charge in [0.25, 0.3) is 5.91 Å². The Hall–Kier alpha value is -4.15. The van der Waals surface area contributed by atoms with Gasteiger partial charge >= 0.3 is 12.2 Å². The minimum Gasteiger partial charge on any atom is -0.457 e. The monoisotopic (exact) mass is 462 g/mol. The van der Waals surface area contributed by atoms with E-state index in [0.717, 1.165) is 12.1 Å². The zero-order chi connectivity index (χ0) is 24.2. The molecule has 33 heavy (non-hydrogen) atoms. The lowest BCUT2D eigenvalue weighted by molar-refractivity contribution is -0.138. The summed E-state index contributed by atoms with van der Waals surface area (Å²) in [4.78, 5) is 27.7. The third-order valence-electron chi connectivity index (χ3n) is 4.42. The van der Waals surface area contributed by atoms with Gasteiger partial charge in [0.2, 0.25) is 0 Å². The van der Waals surface area contributed by atoms with Gasteiger partial charge in [-0.25, -0.2) is 9.18 Å². The van der Waals surface area contributed by atoms with Gasteiger partial charge in [0.15, 0.2) is 0 Å². The summed E-state index contributed by atoms with van der Waals surface area (Å²) >= 11 is 0. The number of anilines is 2. The summed E-state index contributed by atoms with van der Waals surface area (Å²) in [6, 6.07) is 8.83. The average Bonchev–Trinajstić information content (AvgIpc) is 2.76. The summed E-state index contributed by atoms with van der Waals surface area (Å²) in [5.74, 6) is -0.946. The van der Waals surface area contributed by atoms with Crippen molar-refractivity contribution in [3.05, 3.63) is 77.4 Å². The Morgan fingerprint density at radius 1 is 0.970 bits per heavy atom. The van der Waals surface area contributed by atoms with Crippen molar-refractivity contribution >= 4 is 23.3 Å². The van der Waals surface area contributed by atoms with Crippen molar-refractivity contribution in [1.29, 1.82) is 0 Å². The molecule has 0 aliphatic heterocycles. The number of benzene rings is 2. The molecule has 0 aliphatic carbocycles. The van der Waals surface area contributed by atoms with E-state index in [-0.39, 0.29) is 34.1 Å². The van der Waals surface area contributed by atoms with Crippen LogP contribution in [0.3, 0.4) is 0 Å². The van der Waals surface area contributed by atoms with Crippen molar-refractivity contribution < 1.29 is 31.9 Å². The van der Waals surface area contributed by atoms with Crippen LogP contribution in [0, 0.1) is 12.7 Å². The van der Waals surface area contributed by atoms with E-state index in [9.17, 15) is 27.2 Å². The number of aromatic nitrogens is 1. The molecule has 11 heteroatoms. The molecular formula is C22H18F4N4O3. The Labute approximate surface area is 185 Å². The van der Waals surface area contributed by atoms with Crippen LogP contribution in [0.15, 0.2) is 54.7 Å². The molecule has 0 atom stereocenters. The highest BCUT2D eigenvalue weighted by Gasteiger charge is 2.32. The number of nitrogens with zero attached hydrogens (tertiary/aromatic N) is 1. The Morgan fingerprint density at radius 3 is 2.36 bits per heavy atom. The zero-order valence-corrected chi connectivity index (χ0v) is 17.4. The van der Waals surface area contributed by atoms with Crippen molar-refractivity contribution in [3.8, 4) is 11.5 Å². The number of halogens is 4. The number of amides is 3. The number of carbonyl (C=O) groups excluding carboxylic acids is 2. The number of carbonyl (C=O) groups is 2. The molecule has 3 amide bonds. The van der Waals surface area contributed by atoms with Gasteiger partial charge in [-0.15, -0.1) is 0 Å². The van der Waals surface area contributed by atoms with Crippen molar-refractivity contribution in [3.63, 3.8) is 0 Å². The summed E-state index contributed by atoms with van der Waals surface area (Å²) < 4.78 is 59.0. The van der Waals surface area contributed by atoms with Gasteiger partial charge in [-0.2, -0.15) is 13.2 Å². The fourth-order valence-electron chi connectivity index (χ4n) is 2.81. The number of nitrogens with one attached hydrogen (secondary N) is 3. The van der Waals surface area contributed by atoms with Crippen LogP contribution in [0.25, 0.3) is 0 Å². The van der Waals surface area contributed by atoms with E-state index in [4.69, 9.17) is 4.74 Å². The predicted octanol–water partition coefficient (Wildman–Crippen LogP) is 5.34. The summed E-state index contributed by atoms with van der Waals surface area (Å²) in [7, 11) is 1.45. The van der Waals surface area contributed by atoms with E-state index >= 15 is 0 Å². The fourth-order valence-corrected chi connectivity index (χ4v) is 2.81. The molecule has 0 bridgehead atoms. The normalized spacial score (nSPS) is 11.0. The highest BCUT2D eigenvalue weighted by atomic mass is 19.4. The number of urea groups is 1. The first-order valence-corrected chi connectivity index (χ1v) is 9.48. The minimum atomic E-state index is -4.57. The molecule has 7 nitrogen and oxygen atoms in total. The maximum Gasteiger partial charge on any atom is 0.416 e. The number of pyridine rings is 1. The Kier molecular flexibility index (Phi) is 6.80. The molecule has 3 aromatic rings. The molecule has 3 rings (SSSR count). The van der Waals surface area contributed by atoms with E-state index in [2.05, 4.69) is 20.9 Å². The molecule has 3 N–H and O–H groups in total. The molecule has 2 aromatic carbocycles. The predicted molar refractivity (Wildman–Crippen MR) is 113 cm³/mol. The van der Waals surface area contributed by atoms with E-state index in [1.54, 1.807) is 0 Å². The Bertz CT molecular complexity index is 1200. The largest absolute Gasteiger partial charge is 0.457 e. The van der Waals surface area contributed by atoms with Gasteiger partial charge in [0.05, 0.1) is 11.3 Å². The van der Waals surface area contributed by atoms with Crippen LogP contribution in [0.2, 0.25) is 0 Å². The van der Waals surface area contributed by atoms with Gasteiger partial charge in [-0.1, -0.05) is 6.07 Å². The molecule has 172 valence electrons. The van der Waals surface area contributed by atoms with Crippen LogP contribution in [-0.2, 0) is 6.18 Å². The van der Waals surface area contributed by atoms with Crippen LogP contribution in [-0.4, -0.2) is 24.0 Å². The first-order valence-electron chi connectivity index (χ1n) is 9.48. The van der Waals surface area contributed by atoms with Crippen LogP contribution >= 0.6 is 0 Å². The van der Waals surface area contributed by atoms with Crippen molar-refractivity contribution in [2.24, 2.45) is 0 Å².